The van der Waals surface area contributed by atoms with Crippen LogP contribution in [0.2, 0.25) is 0 Å². The number of carbonyl (C=O) groups is 2. The van der Waals surface area contributed by atoms with Crippen molar-refractivity contribution in [2.45, 2.75) is 353 Å². The highest BCUT2D eigenvalue weighted by Crippen LogP contribution is 2.18. The Kier molecular flexibility index (Phi) is 56.0. The fourth-order valence-electron chi connectivity index (χ4n) is 9.64. The van der Waals surface area contributed by atoms with E-state index in [1.807, 2.05) is 0 Å². The molecule has 0 heterocycles. The van der Waals surface area contributed by atoms with Crippen molar-refractivity contribution in [1.29, 1.82) is 0 Å². The number of rotatable bonds is 57. The lowest BCUT2D eigenvalue weighted by Crippen LogP contribution is -2.45. The molecule has 3 N–H and O–H groups in total. The van der Waals surface area contributed by atoms with Crippen molar-refractivity contribution in [1.82, 2.24) is 5.32 Å². The second kappa shape index (κ2) is 57.2. The topological polar surface area (TPSA) is 95.9 Å². The molecule has 2 atom stereocenters. The quantitative estimate of drug-likeness (QED) is 0.0321. The normalized spacial score (nSPS) is 12.6. The first-order chi connectivity index (χ1) is 33.0. The first kappa shape index (κ1) is 65.6. The molecular formula is C61H119NO5. The Labute approximate surface area is 419 Å². The van der Waals surface area contributed by atoms with Gasteiger partial charge in [0.25, 0.3) is 0 Å². The van der Waals surface area contributed by atoms with E-state index >= 15 is 0 Å². The van der Waals surface area contributed by atoms with Crippen molar-refractivity contribution >= 4 is 11.9 Å². The zero-order valence-electron chi connectivity index (χ0n) is 45.4. The van der Waals surface area contributed by atoms with Crippen LogP contribution < -0.4 is 5.32 Å². The summed E-state index contributed by atoms with van der Waals surface area (Å²) in [6.45, 7) is 4.96. The minimum absolute atomic E-state index is 0.00291. The van der Waals surface area contributed by atoms with Crippen molar-refractivity contribution in [2.24, 2.45) is 0 Å². The Morgan fingerprint density at radius 1 is 0.403 bits per heavy atom. The third kappa shape index (κ3) is 53.8. The number of carbonyl (C=O) groups excluding carboxylic acids is 2. The van der Waals surface area contributed by atoms with Crippen LogP contribution in [0.1, 0.15) is 341 Å². The summed E-state index contributed by atoms with van der Waals surface area (Å²) in [6, 6.07) is -0.545. The number of esters is 1. The predicted octanol–water partition coefficient (Wildman–Crippen LogP) is 18.9. The third-order valence-electron chi connectivity index (χ3n) is 14.3. The standard InChI is InChI=1S/C61H119NO5/c1-3-5-7-9-11-13-15-17-19-22-27-31-35-39-43-47-51-55-61(66)67-56-52-48-44-40-36-32-28-24-21-23-26-30-34-38-42-46-50-54-60(65)62-58(57-63)59(64)53-49-45-41-37-33-29-25-20-18-16-14-12-10-8-6-4-2/h17,19,58-59,63-64H,3-16,18,20-57H2,1-2H3,(H,62,65)/b19-17-. The van der Waals surface area contributed by atoms with Gasteiger partial charge in [0.2, 0.25) is 5.91 Å². The molecule has 0 saturated heterocycles. The molecule has 0 aromatic rings. The van der Waals surface area contributed by atoms with Crippen molar-refractivity contribution in [2.75, 3.05) is 13.2 Å². The number of hydrogen-bond acceptors (Lipinski definition) is 5. The average molecular weight is 947 g/mol. The minimum Gasteiger partial charge on any atom is -0.466 e. The van der Waals surface area contributed by atoms with Gasteiger partial charge in [-0.25, -0.2) is 0 Å². The first-order valence-corrected chi connectivity index (χ1v) is 30.4. The molecule has 6 nitrogen and oxygen atoms in total. The molecule has 0 bridgehead atoms. The summed E-state index contributed by atoms with van der Waals surface area (Å²) in [5, 5.41) is 23.3. The summed E-state index contributed by atoms with van der Waals surface area (Å²) in [6.07, 6.45) is 67.8. The molecule has 67 heavy (non-hydrogen) atoms. The molecule has 6 heteroatoms. The van der Waals surface area contributed by atoms with Gasteiger partial charge in [0.05, 0.1) is 25.4 Å². The highest BCUT2D eigenvalue weighted by atomic mass is 16.5. The van der Waals surface area contributed by atoms with Crippen LogP contribution in [0.5, 0.6) is 0 Å². The molecule has 398 valence electrons. The number of aliphatic hydroxyl groups excluding tert-OH is 2. The van der Waals surface area contributed by atoms with Gasteiger partial charge in [-0.05, 0) is 51.4 Å². The number of ether oxygens (including phenoxy) is 1. The number of aliphatic hydroxyl groups is 2. The number of allylic oxidation sites excluding steroid dienone is 2. The molecule has 0 saturated carbocycles. The maximum absolute atomic E-state index is 12.5. The molecule has 0 spiro atoms. The van der Waals surface area contributed by atoms with Crippen LogP contribution in [0.15, 0.2) is 12.2 Å². The van der Waals surface area contributed by atoms with E-state index in [-0.39, 0.29) is 18.5 Å². The van der Waals surface area contributed by atoms with Crippen LogP contribution in [-0.4, -0.2) is 47.4 Å². The van der Waals surface area contributed by atoms with Crippen LogP contribution in [-0.2, 0) is 14.3 Å². The fourth-order valence-corrected chi connectivity index (χ4v) is 9.64. The lowest BCUT2D eigenvalue weighted by Gasteiger charge is -2.22. The van der Waals surface area contributed by atoms with E-state index in [0.29, 0.717) is 25.9 Å². The second-order valence-corrected chi connectivity index (χ2v) is 21.0. The molecule has 0 aliphatic heterocycles. The Hall–Kier alpha value is -1.40. The van der Waals surface area contributed by atoms with Crippen molar-refractivity contribution < 1.29 is 24.5 Å². The zero-order valence-corrected chi connectivity index (χ0v) is 45.4. The van der Waals surface area contributed by atoms with Gasteiger partial charge in [0.1, 0.15) is 0 Å². The van der Waals surface area contributed by atoms with Crippen molar-refractivity contribution in [3.8, 4) is 0 Å². The van der Waals surface area contributed by atoms with E-state index in [9.17, 15) is 19.8 Å². The van der Waals surface area contributed by atoms with E-state index in [4.69, 9.17) is 4.74 Å². The average Bonchev–Trinajstić information content (AvgIpc) is 3.33. The molecule has 0 aliphatic carbocycles. The van der Waals surface area contributed by atoms with Crippen LogP contribution in [0.4, 0.5) is 0 Å². The molecule has 0 aliphatic rings. The summed E-state index contributed by atoms with van der Waals surface area (Å²) in [4.78, 5) is 24.6. The third-order valence-corrected chi connectivity index (χ3v) is 14.3. The van der Waals surface area contributed by atoms with Gasteiger partial charge >= 0.3 is 5.97 Å². The molecule has 2 unspecified atom stereocenters. The number of nitrogens with one attached hydrogen (secondary N) is 1. The van der Waals surface area contributed by atoms with E-state index in [1.54, 1.807) is 0 Å². The van der Waals surface area contributed by atoms with Gasteiger partial charge in [0.15, 0.2) is 0 Å². The summed E-state index contributed by atoms with van der Waals surface area (Å²) in [5.74, 6) is -0.0348. The smallest absolute Gasteiger partial charge is 0.305 e. The van der Waals surface area contributed by atoms with Gasteiger partial charge < -0.3 is 20.3 Å². The maximum Gasteiger partial charge on any atom is 0.305 e. The molecule has 0 aromatic carbocycles. The lowest BCUT2D eigenvalue weighted by molar-refractivity contribution is -0.143. The van der Waals surface area contributed by atoms with Gasteiger partial charge in [-0.15, -0.1) is 0 Å². The number of amides is 1. The first-order valence-electron chi connectivity index (χ1n) is 30.4. The van der Waals surface area contributed by atoms with E-state index in [1.165, 1.54) is 263 Å². The molecular weight excluding hydrogens is 827 g/mol. The summed E-state index contributed by atoms with van der Waals surface area (Å²) < 4.78 is 5.49. The van der Waals surface area contributed by atoms with Gasteiger partial charge in [-0.1, -0.05) is 289 Å². The van der Waals surface area contributed by atoms with Gasteiger partial charge in [-0.3, -0.25) is 9.59 Å². The molecule has 1 amide bonds. The summed E-state index contributed by atoms with van der Waals surface area (Å²) >= 11 is 0. The summed E-state index contributed by atoms with van der Waals surface area (Å²) in [7, 11) is 0. The van der Waals surface area contributed by atoms with Gasteiger partial charge in [0, 0.05) is 12.8 Å². The number of unbranched alkanes of at least 4 members (excludes halogenated alkanes) is 44. The Balaban J connectivity index is 3.40. The van der Waals surface area contributed by atoms with Crippen LogP contribution >= 0.6 is 0 Å². The van der Waals surface area contributed by atoms with E-state index < -0.39 is 12.1 Å². The molecule has 0 fully saturated rings. The largest absolute Gasteiger partial charge is 0.466 e. The minimum atomic E-state index is -0.667. The highest BCUT2D eigenvalue weighted by molar-refractivity contribution is 5.76. The SMILES string of the molecule is CCCCCCCC/C=C\CCCCCCCCCC(=O)OCCCCCCCCCCCCCCCCCCCC(=O)NC(CO)C(O)CCCCCCCCCCCCCCCCCC. The monoisotopic (exact) mass is 946 g/mol. The lowest BCUT2D eigenvalue weighted by atomic mass is 10.0. The van der Waals surface area contributed by atoms with Crippen molar-refractivity contribution in [3.05, 3.63) is 12.2 Å². The van der Waals surface area contributed by atoms with Crippen molar-refractivity contribution in [3.63, 3.8) is 0 Å². The summed E-state index contributed by atoms with van der Waals surface area (Å²) in [5.41, 5.74) is 0. The fraction of sp³-hybridized carbons (Fsp3) is 0.934. The Morgan fingerprint density at radius 3 is 1.06 bits per heavy atom. The zero-order chi connectivity index (χ0) is 48.6. The van der Waals surface area contributed by atoms with Crippen LogP contribution in [0.3, 0.4) is 0 Å². The Morgan fingerprint density at radius 2 is 0.701 bits per heavy atom. The predicted molar refractivity (Wildman–Crippen MR) is 292 cm³/mol. The molecule has 0 aromatic heterocycles. The molecule has 0 radical (unpaired) electrons. The maximum atomic E-state index is 12.5. The number of hydrogen-bond donors (Lipinski definition) is 3. The van der Waals surface area contributed by atoms with Crippen LogP contribution in [0.25, 0.3) is 0 Å². The van der Waals surface area contributed by atoms with E-state index in [0.717, 1.165) is 44.9 Å². The second-order valence-electron chi connectivity index (χ2n) is 21.0. The van der Waals surface area contributed by atoms with Gasteiger partial charge in [-0.2, -0.15) is 0 Å². The van der Waals surface area contributed by atoms with Crippen LogP contribution in [0, 0.1) is 0 Å². The van der Waals surface area contributed by atoms with E-state index in [2.05, 4.69) is 31.3 Å². The highest BCUT2D eigenvalue weighted by Gasteiger charge is 2.20. The molecule has 0 rings (SSSR count). The Bertz CT molecular complexity index is 1000.